The number of aliphatic hydroxyl groups excluding tert-OH is 1. The minimum atomic E-state index is 0. The summed E-state index contributed by atoms with van der Waals surface area (Å²) in [4.78, 5) is 0. The van der Waals surface area contributed by atoms with Crippen LogP contribution in [-0.2, 0) is 9.47 Å². The Morgan fingerprint density at radius 3 is 1.20 bits per heavy atom. The predicted molar refractivity (Wildman–Crippen MR) is 43.3 cm³/mol. The number of methoxy groups -OCH3 is 2. The van der Waals surface area contributed by atoms with Gasteiger partial charge in [0, 0.05) is 21.3 Å². The number of hydrogen-bond acceptors (Lipinski definition) is 3. The first-order valence-electron chi connectivity index (χ1n) is 1.84. The molecule has 1 N–H and O–H groups in total. The van der Waals surface area contributed by atoms with E-state index in [0.717, 1.165) is 7.11 Å². The molecule has 4 heteroatoms. The molecule has 3 nitrogen and oxygen atoms in total. The summed E-state index contributed by atoms with van der Waals surface area (Å²) in [6, 6.07) is 0. The minimum Gasteiger partial charge on any atom is -0.400 e. The topological polar surface area (TPSA) is 38.7 Å². The Morgan fingerprint density at radius 2 is 1.20 bits per heavy atom. The summed E-state index contributed by atoms with van der Waals surface area (Å²) in [5.74, 6) is 0. The maximum Gasteiger partial charge on any atom is 0.145 e. The molecular weight excluding hydrogens is 156 g/mol. The Hall–Kier alpha value is 0.170. The third-order valence-electron chi connectivity index (χ3n) is 0.236. The normalized spacial score (nSPS) is 4.80. The zero-order valence-corrected chi connectivity index (χ0v) is 6.31. The lowest BCUT2D eigenvalue weighted by molar-refractivity contribution is -0.00275. The van der Waals surface area contributed by atoms with Gasteiger partial charge in [0.15, 0.2) is 0 Å². The molecule has 0 atom stereocenters. The highest BCUT2D eigenvalue weighted by molar-refractivity contribution is 3.84. The van der Waals surface area contributed by atoms with Crippen LogP contribution >= 0.6 is 0 Å². The van der Waals surface area contributed by atoms with Crippen molar-refractivity contribution in [2.75, 3.05) is 28.1 Å². The van der Waals surface area contributed by atoms with Gasteiger partial charge < -0.3 is 14.6 Å². The third-order valence-corrected chi connectivity index (χ3v) is 0.236. The Balaban J connectivity index is -0.0000000154. The standard InChI is InChI=1S/C3H8O2.CH4O.2CH4.ClH2/c1-4-3-5-2;1-2;;;/h3H2,1-2H3;2H,1H3;2*1H4;1H2/q;;;;+1. The largest absolute Gasteiger partial charge is 0.400 e. The van der Waals surface area contributed by atoms with Gasteiger partial charge in [-0.2, -0.15) is 0 Å². The van der Waals surface area contributed by atoms with Crippen LogP contribution in [0, 0.1) is 12.4 Å². The van der Waals surface area contributed by atoms with Crippen LogP contribution in [-0.4, -0.2) is 33.2 Å². The van der Waals surface area contributed by atoms with Crippen molar-refractivity contribution in [1.82, 2.24) is 0 Å². The van der Waals surface area contributed by atoms with Crippen molar-refractivity contribution in [3.8, 4) is 0 Å². The van der Waals surface area contributed by atoms with Gasteiger partial charge in [-0.1, -0.05) is 14.9 Å². The molecule has 0 heterocycles. The molecule has 0 fully saturated rings. The fourth-order valence-corrected chi connectivity index (χ4v) is 0.118. The lowest BCUT2D eigenvalue weighted by Gasteiger charge is -1.87. The van der Waals surface area contributed by atoms with E-state index < -0.39 is 0 Å². The highest BCUT2D eigenvalue weighted by Crippen LogP contribution is 1.60. The van der Waals surface area contributed by atoms with E-state index in [1.807, 2.05) is 0 Å². The molecule has 0 aliphatic carbocycles. The molecule has 0 aromatic carbocycles. The molecule has 0 saturated carbocycles. The van der Waals surface area contributed by atoms with Gasteiger partial charge in [-0.25, -0.2) is 0 Å². The molecule has 0 rings (SSSR count). The molecule has 10 heavy (non-hydrogen) atoms. The summed E-state index contributed by atoms with van der Waals surface area (Å²) in [5.41, 5.74) is 0. The quantitative estimate of drug-likeness (QED) is 0.628. The number of rotatable bonds is 2. The molecule has 0 bridgehead atoms. The summed E-state index contributed by atoms with van der Waals surface area (Å²) in [7, 11) is 4.17. The van der Waals surface area contributed by atoms with Crippen LogP contribution in [0.3, 0.4) is 0 Å². The Labute approximate surface area is 70.8 Å². The van der Waals surface area contributed by atoms with Crippen LogP contribution in [0.15, 0.2) is 0 Å². The first kappa shape index (κ1) is 32.0. The maximum absolute atomic E-state index is 7.00. The molecule has 0 unspecified atom stereocenters. The second-order valence-corrected chi connectivity index (χ2v) is 0.695. The zero-order chi connectivity index (χ0) is 6.12. The van der Waals surface area contributed by atoms with Gasteiger partial charge >= 0.3 is 0 Å². The SMILES string of the molecule is C.C.CO.COCOC.[ClH2+]. The van der Waals surface area contributed by atoms with Crippen LogP contribution in [0.5, 0.6) is 0 Å². The molecule has 70 valence electrons. The van der Waals surface area contributed by atoms with Crippen LogP contribution in [0.4, 0.5) is 0 Å². The molecule has 0 aromatic rings. The predicted octanol–water partition coefficient (Wildman–Crippen LogP) is 0.582. The second kappa shape index (κ2) is 60.9. The lowest BCUT2D eigenvalue weighted by atomic mass is 11.4. The lowest BCUT2D eigenvalue weighted by Crippen LogP contribution is -1.87. The summed E-state index contributed by atoms with van der Waals surface area (Å²) in [5, 5.41) is 7.00. The van der Waals surface area contributed by atoms with Gasteiger partial charge in [0.1, 0.15) is 6.79 Å². The minimum absolute atomic E-state index is 0. The highest BCUT2D eigenvalue weighted by Gasteiger charge is 1.63. The molecule has 0 saturated heterocycles. The molecular formula is C6H22ClO3+. The molecule has 0 aromatic heterocycles. The fourth-order valence-electron chi connectivity index (χ4n) is 0.118. The van der Waals surface area contributed by atoms with Gasteiger partial charge in [-0.05, 0) is 0 Å². The Morgan fingerprint density at radius 1 is 1.00 bits per heavy atom. The molecule has 0 aliphatic heterocycles. The first-order chi connectivity index (χ1) is 3.41. The van der Waals surface area contributed by atoms with E-state index in [1.165, 1.54) is 0 Å². The highest BCUT2D eigenvalue weighted by atomic mass is 35.5. The average Bonchev–Trinajstić information content (AvgIpc) is 1.75. The maximum atomic E-state index is 7.00. The van der Waals surface area contributed by atoms with Crippen molar-refractivity contribution in [2.24, 2.45) is 0 Å². The van der Waals surface area contributed by atoms with E-state index >= 15 is 0 Å². The zero-order valence-electron chi connectivity index (χ0n) is 5.42. The van der Waals surface area contributed by atoms with Crippen LogP contribution < -0.4 is 0 Å². The van der Waals surface area contributed by atoms with Crippen molar-refractivity contribution in [2.45, 2.75) is 14.9 Å². The van der Waals surface area contributed by atoms with E-state index in [9.17, 15) is 0 Å². The van der Waals surface area contributed by atoms with Crippen LogP contribution in [0.2, 0.25) is 0 Å². The average molecular weight is 178 g/mol. The van der Waals surface area contributed by atoms with E-state index in [0.29, 0.717) is 6.79 Å². The number of hydrogen-bond donors (Lipinski definition) is 1. The van der Waals surface area contributed by atoms with E-state index in [1.54, 1.807) is 14.2 Å². The Bertz CT molecular complexity index is 20.5. The monoisotopic (exact) mass is 177 g/mol. The van der Waals surface area contributed by atoms with Crippen molar-refractivity contribution < 1.29 is 27.0 Å². The number of halogens is 1. The molecule has 0 amide bonds. The van der Waals surface area contributed by atoms with Crippen molar-refractivity contribution in [3.63, 3.8) is 0 Å². The Kier molecular flexibility index (Phi) is 195. The molecule has 0 radical (unpaired) electrons. The van der Waals surface area contributed by atoms with E-state index in [2.05, 4.69) is 9.47 Å². The van der Waals surface area contributed by atoms with Crippen molar-refractivity contribution in [3.05, 3.63) is 0 Å². The molecule has 0 aliphatic rings. The first-order valence-corrected chi connectivity index (χ1v) is 1.84. The summed E-state index contributed by atoms with van der Waals surface area (Å²) >= 11 is 0. The van der Waals surface area contributed by atoms with Gasteiger partial charge in [0.05, 0.1) is 12.4 Å². The third kappa shape index (κ3) is 89.2. The van der Waals surface area contributed by atoms with Gasteiger partial charge in [-0.3, -0.25) is 0 Å². The molecule has 0 spiro atoms. The summed E-state index contributed by atoms with van der Waals surface area (Å²) in [6.07, 6.45) is 0. The number of ether oxygens (including phenoxy) is 2. The van der Waals surface area contributed by atoms with E-state index in [-0.39, 0.29) is 27.3 Å². The number of aliphatic hydroxyl groups is 1. The fraction of sp³-hybridized carbons (Fsp3) is 1.00. The van der Waals surface area contributed by atoms with Crippen LogP contribution in [0.1, 0.15) is 14.9 Å². The van der Waals surface area contributed by atoms with Crippen LogP contribution in [0.25, 0.3) is 0 Å². The van der Waals surface area contributed by atoms with E-state index in [4.69, 9.17) is 5.11 Å². The van der Waals surface area contributed by atoms with Crippen molar-refractivity contribution >= 4 is 0 Å². The van der Waals surface area contributed by atoms with Crippen molar-refractivity contribution in [1.29, 1.82) is 0 Å². The summed E-state index contributed by atoms with van der Waals surface area (Å²) in [6.45, 7) is 0.389. The van der Waals surface area contributed by atoms with Gasteiger partial charge in [0.2, 0.25) is 0 Å². The smallest absolute Gasteiger partial charge is 0.145 e. The van der Waals surface area contributed by atoms with Gasteiger partial charge in [-0.15, -0.1) is 0 Å². The summed E-state index contributed by atoms with van der Waals surface area (Å²) < 4.78 is 8.94. The van der Waals surface area contributed by atoms with Gasteiger partial charge in [0.25, 0.3) is 0 Å². The second-order valence-electron chi connectivity index (χ2n) is 0.695.